The molecule has 0 spiro atoms. The molecule has 3 rings (SSSR count). The molecule has 1 aromatic carbocycles. The number of amides is 1. The van der Waals surface area contributed by atoms with Gasteiger partial charge in [0.25, 0.3) is 5.91 Å². The molecule has 0 aliphatic heterocycles. The molecule has 5 heteroatoms. The maximum Gasteiger partial charge on any atom is 0.253 e. The number of aromatic nitrogens is 1. The van der Waals surface area contributed by atoms with Gasteiger partial charge in [0, 0.05) is 13.7 Å². The predicted octanol–water partition coefficient (Wildman–Crippen LogP) is 3.66. The fourth-order valence-corrected chi connectivity index (χ4v) is 2.30. The third kappa shape index (κ3) is 4.29. The van der Waals surface area contributed by atoms with Gasteiger partial charge in [-0.25, -0.2) is 4.39 Å². The van der Waals surface area contributed by atoms with E-state index in [4.69, 9.17) is 4.74 Å². The fraction of sp³-hybridized carbons (Fsp3) is 0.158. The Labute approximate surface area is 141 Å². The molecule has 24 heavy (non-hydrogen) atoms. The molecule has 1 atom stereocenters. The number of carbonyl (C=O) groups is 1. The minimum Gasteiger partial charge on any atom is -0.487 e. The van der Waals surface area contributed by atoms with Gasteiger partial charge >= 0.3 is 0 Å². The summed E-state index contributed by atoms with van der Waals surface area (Å²) in [4.78, 5) is 16.4. The number of hydrogen-bond acceptors (Lipinski definition) is 3. The molecule has 0 saturated carbocycles. The van der Waals surface area contributed by atoms with Crippen molar-refractivity contribution in [1.29, 1.82) is 0 Å². The van der Waals surface area contributed by atoms with Gasteiger partial charge in [0.1, 0.15) is 18.2 Å². The van der Waals surface area contributed by atoms with Crippen LogP contribution in [0.1, 0.15) is 23.9 Å². The predicted molar refractivity (Wildman–Crippen MR) is 91.2 cm³/mol. The Hall–Kier alpha value is -2.95. The van der Waals surface area contributed by atoms with Crippen LogP contribution in [-0.4, -0.2) is 16.9 Å². The van der Waals surface area contributed by atoms with Crippen LogP contribution in [0.4, 0.5) is 4.39 Å². The Morgan fingerprint density at radius 3 is 2.96 bits per heavy atom. The second-order valence-electron chi connectivity index (χ2n) is 5.41. The van der Waals surface area contributed by atoms with Crippen LogP contribution in [0.3, 0.4) is 0 Å². The Balaban J connectivity index is 0.00000225. The van der Waals surface area contributed by atoms with Gasteiger partial charge in [-0.15, -0.1) is 0 Å². The molecule has 4 nitrogen and oxygen atoms in total. The lowest BCUT2D eigenvalue weighted by Crippen LogP contribution is -2.33. The van der Waals surface area contributed by atoms with Crippen molar-refractivity contribution in [2.75, 3.05) is 0 Å². The van der Waals surface area contributed by atoms with E-state index in [-0.39, 0.29) is 25.8 Å². The van der Waals surface area contributed by atoms with Crippen molar-refractivity contribution in [2.45, 2.75) is 19.1 Å². The van der Waals surface area contributed by atoms with E-state index in [1.807, 2.05) is 24.3 Å². The molecule has 0 unspecified atom stereocenters. The quantitative estimate of drug-likeness (QED) is 0.912. The lowest BCUT2D eigenvalue weighted by molar-refractivity contribution is 0.0944. The highest BCUT2D eigenvalue weighted by Gasteiger charge is 2.12. The molecular formula is C19H19FN2O2. The van der Waals surface area contributed by atoms with Crippen molar-refractivity contribution in [3.63, 3.8) is 0 Å². The van der Waals surface area contributed by atoms with Gasteiger partial charge in [0.2, 0.25) is 0 Å². The first-order valence-electron chi connectivity index (χ1n) is 7.68. The molecule has 1 aliphatic carbocycles. The van der Waals surface area contributed by atoms with Crippen LogP contribution >= 0.6 is 0 Å². The van der Waals surface area contributed by atoms with Crippen molar-refractivity contribution in [3.05, 3.63) is 84.0 Å². The number of carbonyl (C=O) groups excluding carboxylic acids is 1. The zero-order valence-corrected chi connectivity index (χ0v) is 13.0. The number of nitrogens with zero attached hydrogens (tertiary/aromatic N) is 1. The van der Waals surface area contributed by atoms with Crippen molar-refractivity contribution in [1.82, 2.24) is 10.3 Å². The minimum absolute atomic E-state index is 0. The summed E-state index contributed by atoms with van der Waals surface area (Å²) in [5.74, 6) is -0.0695. The minimum atomic E-state index is -0.348. The first-order chi connectivity index (χ1) is 11.7. The zero-order chi connectivity index (χ0) is 16.8. The number of pyridine rings is 1. The van der Waals surface area contributed by atoms with E-state index in [2.05, 4.69) is 10.3 Å². The van der Waals surface area contributed by atoms with Crippen LogP contribution in [-0.2, 0) is 6.61 Å². The normalized spacial score (nSPS) is 16.0. The summed E-state index contributed by atoms with van der Waals surface area (Å²) in [6.07, 6.45) is 10.1. The molecule has 1 amide bonds. The molecule has 0 radical (unpaired) electrons. The number of hydrogen-bond donors (Lipinski definition) is 1. The van der Waals surface area contributed by atoms with Crippen molar-refractivity contribution in [3.8, 4) is 5.75 Å². The molecule has 1 heterocycles. The van der Waals surface area contributed by atoms with E-state index in [9.17, 15) is 9.18 Å². The number of nitrogens with one attached hydrogen (secondary N) is 1. The molecule has 124 valence electrons. The van der Waals surface area contributed by atoms with Gasteiger partial charge < -0.3 is 10.1 Å². The maximum atomic E-state index is 13.1. The number of ether oxygens (including phenoxy) is 1. The second kappa shape index (κ2) is 7.55. The molecule has 1 aromatic heterocycles. The highest BCUT2D eigenvalue weighted by Crippen LogP contribution is 2.14. The summed E-state index contributed by atoms with van der Waals surface area (Å²) in [5.41, 5.74) is 1.16. The molecule has 0 bridgehead atoms. The molecule has 0 saturated heterocycles. The van der Waals surface area contributed by atoms with Crippen LogP contribution in [0.5, 0.6) is 5.75 Å². The number of halogens is 1. The van der Waals surface area contributed by atoms with Crippen LogP contribution < -0.4 is 10.1 Å². The number of allylic oxidation sites excluding steroid dienone is 2. The standard InChI is InChI=1S/C19H17FN2O2.H2/c20-15-5-4-8-18(11-15)24-13-17-10-9-14(12-21-17)19(23)22-16-6-2-1-3-7-16;/h1-6,8-12,16H,7,13H2,(H,22,23);1H/t16-;/m0./s1. The summed E-state index contributed by atoms with van der Waals surface area (Å²) in [6.45, 7) is 0.210. The summed E-state index contributed by atoms with van der Waals surface area (Å²) in [5, 5.41) is 2.93. The van der Waals surface area contributed by atoms with Gasteiger partial charge in [-0.1, -0.05) is 30.4 Å². The molecule has 1 N–H and O–H groups in total. The Bertz CT molecular complexity index is 775. The summed E-state index contributed by atoms with van der Waals surface area (Å²) in [7, 11) is 0. The SMILES string of the molecule is O=C(N[C@H]1C=CC=CC1)c1ccc(COc2cccc(F)c2)nc1.[HH]. The number of rotatable bonds is 5. The maximum absolute atomic E-state index is 13.1. The first-order valence-corrected chi connectivity index (χ1v) is 7.68. The van der Waals surface area contributed by atoms with Gasteiger partial charge in [-0.05, 0) is 30.7 Å². The zero-order valence-electron chi connectivity index (χ0n) is 13.0. The Morgan fingerprint density at radius 2 is 2.25 bits per heavy atom. The summed E-state index contributed by atoms with van der Waals surface area (Å²) >= 11 is 0. The fourth-order valence-electron chi connectivity index (χ4n) is 2.30. The summed E-state index contributed by atoms with van der Waals surface area (Å²) < 4.78 is 18.6. The topological polar surface area (TPSA) is 51.2 Å². The van der Waals surface area contributed by atoms with Crippen molar-refractivity contribution < 1.29 is 15.3 Å². The third-order valence-electron chi connectivity index (χ3n) is 3.57. The lowest BCUT2D eigenvalue weighted by atomic mass is 10.1. The first kappa shape index (κ1) is 15.9. The highest BCUT2D eigenvalue weighted by atomic mass is 19.1. The van der Waals surface area contributed by atoms with E-state index < -0.39 is 0 Å². The average molecular weight is 326 g/mol. The second-order valence-corrected chi connectivity index (χ2v) is 5.41. The van der Waals surface area contributed by atoms with Crippen LogP contribution in [0, 0.1) is 5.82 Å². The number of benzene rings is 1. The van der Waals surface area contributed by atoms with E-state index in [0.29, 0.717) is 17.0 Å². The van der Waals surface area contributed by atoms with Crippen molar-refractivity contribution in [2.24, 2.45) is 0 Å². The van der Waals surface area contributed by atoms with Gasteiger partial charge in [-0.3, -0.25) is 9.78 Å². The average Bonchev–Trinajstić information content (AvgIpc) is 2.61. The van der Waals surface area contributed by atoms with Gasteiger partial charge in [-0.2, -0.15) is 0 Å². The lowest BCUT2D eigenvalue weighted by Gasteiger charge is -2.15. The van der Waals surface area contributed by atoms with Gasteiger partial charge in [0.05, 0.1) is 17.3 Å². The summed E-state index contributed by atoms with van der Waals surface area (Å²) in [6, 6.07) is 9.37. The van der Waals surface area contributed by atoms with Crippen LogP contribution in [0.15, 0.2) is 66.9 Å². The van der Waals surface area contributed by atoms with Crippen LogP contribution in [0.2, 0.25) is 0 Å². The van der Waals surface area contributed by atoms with Gasteiger partial charge in [0.15, 0.2) is 0 Å². The Kier molecular flexibility index (Phi) is 5.01. The highest BCUT2D eigenvalue weighted by molar-refractivity contribution is 5.94. The largest absolute Gasteiger partial charge is 0.487 e. The smallest absolute Gasteiger partial charge is 0.253 e. The van der Waals surface area contributed by atoms with Crippen molar-refractivity contribution >= 4 is 5.91 Å². The molecule has 1 aliphatic rings. The molecular weight excluding hydrogens is 307 g/mol. The molecule has 0 fully saturated rings. The Morgan fingerprint density at radius 1 is 1.33 bits per heavy atom. The van der Waals surface area contributed by atoms with E-state index >= 15 is 0 Å². The monoisotopic (exact) mass is 326 g/mol. The third-order valence-corrected chi connectivity index (χ3v) is 3.57. The molecule has 2 aromatic rings. The van der Waals surface area contributed by atoms with E-state index in [0.717, 1.165) is 6.42 Å². The van der Waals surface area contributed by atoms with E-state index in [1.165, 1.54) is 18.3 Å². The van der Waals surface area contributed by atoms with Crippen LogP contribution in [0.25, 0.3) is 0 Å². The van der Waals surface area contributed by atoms with E-state index in [1.54, 1.807) is 24.3 Å².